The number of carbonyl (C=O) groups excluding carboxylic acids is 2. The Labute approximate surface area is 196 Å². The molecule has 2 aromatic rings. The highest BCUT2D eigenvalue weighted by Crippen LogP contribution is 2.28. The van der Waals surface area contributed by atoms with Crippen molar-refractivity contribution in [2.24, 2.45) is 5.92 Å². The number of aryl methyl sites for hydroxylation is 1. The van der Waals surface area contributed by atoms with E-state index >= 15 is 0 Å². The van der Waals surface area contributed by atoms with Crippen LogP contribution >= 0.6 is 0 Å². The zero-order chi connectivity index (χ0) is 24.0. The van der Waals surface area contributed by atoms with Crippen molar-refractivity contribution in [2.75, 3.05) is 26.2 Å². The van der Waals surface area contributed by atoms with Crippen LogP contribution in [0.25, 0.3) is 0 Å². The van der Waals surface area contributed by atoms with Crippen molar-refractivity contribution in [2.45, 2.75) is 44.9 Å². The molecule has 8 heteroatoms. The lowest BCUT2D eigenvalue weighted by Gasteiger charge is -2.30. The Morgan fingerprint density at radius 3 is 2.42 bits per heavy atom. The maximum Gasteiger partial charge on any atom is 0.338 e. The molecular weight excluding hydrogens is 440 g/mol. The molecule has 0 atom stereocenters. The molecule has 0 radical (unpaired) electrons. The summed E-state index contributed by atoms with van der Waals surface area (Å²) in [6.45, 7) is 6.57. The van der Waals surface area contributed by atoms with Crippen LogP contribution in [0.2, 0.25) is 0 Å². The first-order valence-electron chi connectivity index (χ1n) is 11.3. The standard InChI is InChI=1S/C25H32N2O5S/c1-18-10-13-27(14-11-18)33(30,31)23-16-22(15-19(2)20(23)3)25(29)32-17-24(28)26-12-9-21-7-5-4-6-8-21/h4-8,15-16,18H,9-14,17H2,1-3H3,(H,26,28). The number of esters is 1. The molecule has 0 spiro atoms. The summed E-state index contributed by atoms with van der Waals surface area (Å²) in [6.07, 6.45) is 2.31. The van der Waals surface area contributed by atoms with Crippen molar-refractivity contribution in [3.63, 3.8) is 0 Å². The van der Waals surface area contributed by atoms with E-state index in [-0.39, 0.29) is 10.5 Å². The van der Waals surface area contributed by atoms with Gasteiger partial charge >= 0.3 is 5.97 Å². The average molecular weight is 473 g/mol. The number of hydrogen-bond donors (Lipinski definition) is 1. The Balaban J connectivity index is 1.62. The Kier molecular flexibility index (Phi) is 8.26. The molecule has 0 saturated carbocycles. The summed E-state index contributed by atoms with van der Waals surface area (Å²) in [5.74, 6) is -0.627. The second-order valence-electron chi connectivity index (χ2n) is 8.66. The summed E-state index contributed by atoms with van der Waals surface area (Å²) in [5.41, 5.74) is 2.52. The van der Waals surface area contributed by atoms with Gasteiger partial charge in [0.15, 0.2) is 6.61 Å². The van der Waals surface area contributed by atoms with Crippen LogP contribution in [0.5, 0.6) is 0 Å². The molecule has 1 saturated heterocycles. The molecule has 2 aromatic carbocycles. The van der Waals surface area contributed by atoms with Crippen molar-refractivity contribution in [3.8, 4) is 0 Å². The largest absolute Gasteiger partial charge is 0.452 e. The van der Waals surface area contributed by atoms with Gasteiger partial charge in [-0.3, -0.25) is 4.79 Å². The van der Waals surface area contributed by atoms with E-state index in [1.165, 1.54) is 10.4 Å². The second kappa shape index (κ2) is 10.9. The van der Waals surface area contributed by atoms with Gasteiger partial charge in [-0.1, -0.05) is 37.3 Å². The number of nitrogens with zero attached hydrogens (tertiary/aromatic N) is 1. The molecule has 7 nitrogen and oxygen atoms in total. The Bertz CT molecular complexity index is 1090. The molecule has 0 aromatic heterocycles. The van der Waals surface area contributed by atoms with Gasteiger partial charge in [-0.05, 0) is 67.9 Å². The number of nitrogens with one attached hydrogen (secondary N) is 1. The molecule has 1 heterocycles. The van der Waals surface area contributed by atoms with Crippen molar-refractivity contribution in [1.29, 1.82) is 0 Å². The predicted octanol–water partition coefficient (Wildman–Crippen LogP) is 3.24. The van der Waals surface area contributed by atoms with Crippen molar-refractivity contribution in [1.82, 2.24) is 9.62 Å². The summed E-state index contributed by atoms with van der Waals surface area (Å²) in [5, 5.41) is 2.72. The minimum Gasteiger partial charge on any atom is -0.452 e. The zero-order valence-electron chi connectivity index (χ0n) is 19.5. The van der Waals surface area contributed by atoms with Crippen LogP contribution in [-0.4, -0.2) is 50.8 Å². The number of carbonyl (C=O) groups is 2. The molecule has 1 aliphatic heterocycles. The van der Waals surface area contributed by atoms with E-state index in [1.807, 2.05) is 30.3 Å². The van der Waals surface area contributed by atoms with E-state index in [0.717, 1.165) is 18.4 Å². The average Bonchev–Trinajstić information content (AvgIpc) is 2.80. The number of ether oxygens (including phenoxy) is 1. The van der Waals surface area contributed by atoms with Crippen LogP contribution in [-0.2, 0) is 26.0 Å². The van der Waals surface area contributed by atoms with Crippen LogP contribution in [0.3, 0.4) is 0 Å². The summed E-state index contributed by atoms with van der Waals surface area (Å²) < 4.78 is 33.2. The molecule has 0 aliphatic carbocycles. The minimum absolute atomic E-state index is 0.122. The van der Waals surface area contributed by atoms with E-state index in [2.05, 4.69) is 12.2 Å². The third kappa shape index (κ3) is 6.42. The van der Waals surface area contributed by atoms with Gasteiger partial charge in [0.1, 0.15) is 0 Å². The Hall–Kier alpha value is -2.71. The normalized spacial score (nSPS) is 15.2. The highest BCUT2D eigenvalue weighted by Gasteiger charge is 2.30. The molecule has 0 bridgehead atoms. The predicted molar refractivity (Wildman–Crippen MR) is 127 cm³/mol. The fourth-order valence-corrected chi connectivity index (χ4v) is 5.63. The molecule has 1 aliphatic rings. The molecule has 3 rings (SSSR count). The maximum absolute atomic E-state index is 13.3. The number of hydrogen-bond acceptors (Lipinski definition) is 5. The van der Waals surface area contributed by atoms with Gasteiger partial charge in [-0.25, -0.2) is 13.2 Å². The molecule has 178 valence electrons. The maximum atomic E-state index is 13.3. The van der Waals surface area contributed by atoms with Crippen molar-refractivity contribution >= 4 is 21.9 Å². The zero-order valence-corrected chi connectivity index (χ0v) is 20.3. The lowest BCUT2D eigenvalue weighted by atomic mass is 10.0. The molecule has 1 N–H and O–H groups in total. The summed E-state index contributed by atoms with van der Waals surface area (Å²) in [7, 11) is -3.72. The van der Waals surface area contributed by atoms with Gasteiger partial charge in [-0.15, -0.1) is 0 Å². The lowest BCUT2D eigenvalue weighted by Crippen LogP contribution is -2.38. The Morgan fingerprint density at radius 1 is 1.09 bits per heavy atom. The Morgan fingerprint density at radius 2 is 1.76 bits per heavy atom. The summed E-state index contributed by atoms with van der Waals surface area (Å²) >= 11 is 0. The van der Waals surface area contributed by atoms with Crippen LogP contribution < -0.4 is 5.32 Å². The number of amides is 1. The molecule has 1 fully saturated rings. The van der Waals surface area contributed by atoms with E-state index < -0.39 is 28.5 Å². The smallest absolute Gasteiger partial charge is 0.338 e. The van der Waals surface area contributed by atoms with Crippen LogP contribution in [0, 0.1) is 19.8 Å². The van der Waals surface area contributed by atoms with Crippen LogP contribution in [0.4, 0.5) is 0 Å². The molecular formula is C25H32N2O5S. The van der Waals surface area contributed by atoms with Gasteiger partial charge in [0.2, 0.25) is 10.0 Å². The number of rotatable bonds is 8. The van der Waals surface area contributed by atoms with Gasteiger partial charge in [0.25, 0.3) is 5.91 Å². The molecule has 0 unspecified atom stereocenters. The first-order chi connectivity index (χ1) is 15.7. The first-order valence-corrected chi connectivity index (χ1v) is 12.7. The minimum atomic E-state index is -3.72. The SMILES string of the molecule is Cc1cc(C(=O)OCC(=O)NCCc2ccccc2)cc(S(=O)(=O)N2CCC(C)CC2)c1C. The summed E-state index contributed by atoms with van der Waals surface area (Å²) in [6, 6.07) is 12.7. The fraction of sp³-hybridized carbons (Fsp3) is 0.440. The van der Waals surface area contributed by atoms with Crippen LogP contribution in [0.1, 0.15) is 46.8 Å². The van der Waals surface area contributed by atoms with E-state index in [4.69, 9.17) is 4.74 Å². The lowest BCUT2D eigenvalue weighted by molar-refractivity contribution is -0.124. The van der Waals surface area contributed by atoms with Gasteiger partial charge < -0.3 is 10.1 Å². The highest BCUT2D eigenvalue weighted by atomic mass is 32.2. The van der Waals surface area contributed by atoms with E-state index in [1.54, 1.807) is 19.9 Å². The van der Waals surface area contributed by atoms with Gasteiger partial charge in [-0.2, -0.15) is 4.31 Å². The number of sulfonamides is 1. The topological polar surface area (TPSA) is 92.8 Å². The van der Waals surface area contributed by atoms with Crippen LogP contribution in [0.15, 0.2) is 47.4 Å². The van der Waals surface area contributed by atoms with Crippen molar-refractivity contribution in [3.05, 3.63) is 64.7 Å². The van der Waals surface area contributed by atoms with Gasteiger partial charge in [0, 0.05) is 19.6 Å². The van der Waals surface area contributed by atoms with E-state index in [9.17, 15) is 18.0 Å². The highest BCUT2D eigenvalue weighted by molar-refractivity contribution is 7.89. The summed E-state index contributed by atoms with van der Waals surface area (Å²) in [4.78, 5) is 24.8. The second-order valence-corrected chi connectivity index (χ2v) is 10.6. The quantitative estimate of drug-likeness (QED) is 0.596. The fourth-order valence-electron chi connectivity index (χ4n) is 3.83. The monoisotopic (exact) mass is 472 g/mol. The first kappa shape index (κ1) is 24.9. The van der Waals surface area contributed by atoms with E-state index in [0.29, 0.717) is 43.1 Å². The molecule has 1 amide bonds. The van der Waals surface area contributed by atoms with Gasteiger partial charge in [0.05, 0.1) is 10.5 Å². The number of benzene rings is 2. The third-order valence-corrected chi connectivity index (χ3v) is 8.15. The third-order valence-electron chi connectivity index (χ3n) is 6.13. The number of piperidine rings is 1. The molecule has 33 heavy (non-hydrogen) atoms. The van der Waals surface area contributed by atoms with Crippen molar-refractivity contribution < 1.29 is 22.7 Å².